The van der Waals surface area contributed by atoms with Gasteiger partial charge in [-0.15, -0.1) is 0 Å². The van der Waals surface area contributed by atoms with Gasteiger partial charge in [0.15, 0.2) is 0 Å². The van der Waals surface area contributed by atoms with E-state index in [2.05, 4.69) is 27.7 Å². The maximum absolute atomic E-state index is 10.7. The van der Waals surface area contributed by atoms with Crippen LogP contribution in [0.25, 0.3) is 0 Å². The molecule has 0 saturated heterocycles. The van der Waals surface area contributed by atoms with Crippen LogP contribution >= 0.6 is 0 Å². The largest absolute Gasteiger partial charge is 0.396 e. The average molecular weight is 256 g/mol. The zero-order valence-corrected chi connectivity index (χ0v) is 12.7. The quantitative estimate of drug-likeness (QED) is 0.762. The Hall–Kier alpha value is -0.0800. The van der Waals surface area contributed by atoms with Gasteiger partial charge in [-0.05, 0) is 37.0 Å². The van der Waals surface area contributed by atoms with Crippen LogP contribution < -0.4 is 0 Å². The van der Waals surface area contributed by atoms with Crippen molar-refractivity contribution in [3.8, 4) is 0 Å². The number of hydrogen-bond donors (Lipinski definition) is 2. The number of aliphatic hydroxyl groups excluding tert-OH is 2. The lowest BCUT2D eigenvalue weighted by Crippen LogP contribution is -2.54. The number of hydrogen-bond acceptors (Lipinski definition) is 2. The highest BCUT2D eigenvalue weighted by molar-refractivity contribution is 5.00. The maximum Gasteiger partial charge on any atom is 0.0649 e. The zero-order chi connectivity index (χ0) is 13.8. The molecule has 1 saturated carbocycles. The van der Waals surface area contributed by atoms with E-state index >= 15 is 0 Å². The predicted molar refractivity (Wildman–Crippen MR) is 76.4 cm³/mol. The predicted octanol–water partition coefficient (Wildman–Crippen LogP) is 3.61. The molecule has 2 heteroatoms. The van der Waals surface area contributed by atoms with Gasteiger partial charge in [-0.3, -0.25) is 0 Å². The second kappa shape index (κ2) is 6.91. The summed E-state index contributed by atoms with van der Waals surface area (Å²) < 4.78 is 0. The van der Waals surface area contributed by atoms with Crippen molar-refractivity contribution in [2.75, 3.05) is 6.61 Å². The monoisotopic (exact) mass is 256 g/mol. The van der Waals surface area contributed by atoms with Crippen LogP contribution in [-0.4, -0.2) is 22.9 Å². The van der Waals surface area contributed by atoms with Crippen molar-refractivity contribution in [3.05, 3.63) is 0 Å². The topological polar surface area (TPSA) is 40.5 Å². The Morgan fingerprint density at radius 2 is 1.67 bits per heavy atom. The van der Waals surface area contributed by atoms with Crippen LogP contribution in [0.2, 0.25) is 0 Å². The normalized spacial score (nSPS) is 41.0. The first kappa shape index (κ1) is 16.0. The number of rotatable bonds is 6. The first-order chi connectivity index (χ1) is 8.61. The minimum absolute atomic E-state index is 0.141. The molecular formula is C16H32O2. The highest BCUT2D eigenvalue weighted by atomic mass is 16.3. The van der Waals surface area contributed by atoms with E-state index in [0.717, 1.165) is 32.1 Å². The summed E-state index contributed by atoms with van der Waals surface area (Å²) in [6, 6.07) is 0. The van der Waals surface area contributed by atoms with Crippen molar-refractivity contribution < 1.29 is 10.2 Å². The van der Waals surface area contributed by atoms with E-state index in [9.17, 15) is 10.2 Å². The molecular weight excluding hydrogens is 224 g/mol. The third-order valence-corrected chi connectivity index (χ3v) is 5.55. The summed E-state index contributed by atoms with van der Waals surface area (Å²) in [5.41, 5.74) is -0.254. The molecule has 0 bridgehead atoms. The average Bonchev–Trinajstić information content (AvgIpc) is 2.40. The third-order valence-electron chi connectivity index (χ3n) is 5.55. The Morgan fingerprint density at radius 1 is 1.06 bits per heavy atom. The van der Waals surface area contributed by atoms with Crippen molar-refractivity contribution in [3.63, 3.8) is 0 Å². The fraction of sp³-hybridized carbons (Fsp3) is 1.00. The van der Waals surface area contributed by atoms with Crippen LogP contribution in [0.5, 0.6) is 0 Å². The molecule has 0 aliphatic heterocycles. The minimum Gasteiger partial charge on any atom is -0.396 e. The van der Waals surface area contributed by atoms with Gasteiger partial charge in [0.2, 0.25) is 0 Å². The van der Waals surface area contributed by atoms with Crippen molar-refractivity contribution in [1.82, 2.24) is 0 Å². The Morgan fingerprint density at radius 3 is 2.06 bits per heavy atom. The van der Waals surface area contributed by atoms with Crippen molar-refractivity contribution in [1.29, 1.82) is 0 Å². The number of aliphatic hydroxyl groups is 2. The molecule has 1 aliphatic carbocycles. The Bertz CT molecular complexity index is 235. The second-order valence-electron chi connectivity index (χ2n) is 6.16. The van der Waals surface area contributed by atoms with Crippen LogP contribution in [-0.2, 0) is 0 Å². The van der Waals surface area contributed by atoms with Crippen LogP contribution in [0.1, 0.15) is 66.2 Å². The highest BCUT2D eigenvalue weighted by Gasteiger charge is 2.51. The van der Waals surface area contributed by atoms with Crippen molar-refractivity contribution >= 4 is 0 Å². The molecule has 1 aliphatic rings. The molecule has 1 fully saturated rings. The Labute approximate surface area is 113 Å². The second-order valence-corrected chi connectivity index (χ2v) is 6.16. The lowest BCUT2D eigenvalue weighted by molar-refractivity contribution is -0.144. The van der Waals surface area contributed by atoms with Crippen molar-refractivity contribution in [2.45, 2.75) is 72.3 Å². The Balaban J connectivity index is 3.08. The van der Waals surface area contributed by atoms with Crippen LogP contribution in [0.4, 0.5) is 0 Å². The molecule has 108 valence electrons. The standard InChI is InChI=1S/C16H32O2/c1-5-9-14-12(6-2)10-13(7-3)15(18)16(14,8-4)11-17/h12-15,17-18H,5-11H2,1-4H3/t12-,13+,14-,15+,16+/m1/s1. The molecule has 0 aromatic rings. The lowest BCUT2D eigenvalue weighted by atomic mass is 9.54. The van der Waals surface area contributed by atoms with E-state index in [0.29, 0.717) is 17.8 Å². The molecule has 0 spiro atoms. The molecule has 0 radical (unpaired) electrons. The fourth-order valence-corrected chi connectivity index (χ4v) is 4.31. The fourth-order valence-electron chi connectivity index (χ4n) is 4.31. The van der Waals surface area contributed by atoms with Gasteiger partial charge in [0.1, 0.15) is 0 Å². The summed E-state index contributed by atoms with van der Waals surface area (Å²) in [7, 11) is 0. The van der Waals surface area contributed by atoms with Crippen LogP contribution in [0.3, 0.4) is 0 Å². The van der Waals surface area contributed by atoms with Crippen molar-refractivity contribution in [2.24, 2.45) is 23.2 Å². The van der Waals surface area contributed by atoms with Crippen LogP contribution in [0, 0.1) is 23.2 Å². The summed E-state index contributed by atoms with van der Waals surface area (Å²) in [6.45, 7) is 8.91. The van der Waals surface area contributed by atoms with E-state index in [1.807, 2.05) is 0 Å². The SMILES string of the molecule is CCC[C@@H]1[C@H](CC)C[C@H](CC)[C@H](O)[C@@]1(CC)CO. The smallest absolute Gasteiger partial charge is 0.0649 e. The van der Waals surface area contributed by atoms with Gasteiger partial charge in [0, 0.05) is 5.41 Å². The molecule has 2 N–H and O–H groups in total. The van der Waals surface area contributed by atoms with E-state index in [-0.39, 0.29) is 18.1 Å². The lowest BCUT2D eigenvalue weighted by Gasteiger charge is -2.53. The summed E-state index contributed by atoms with van der Waals surface area (Å²) in [5.74, 6) is 1.53. The molecule has 2 nitrogen and oxygen atoms in total. The summed E-state index contributed by atoms with van der Waals surface area (Å²) in [6.07, 6.45) is 6.20. The third kappa shape index (κ3) is 2.60. The van der Waals surface area contributed by atoms with Gasteiger partial charge in [0.05, 0.1) is 12.7 Å². The molecule has 0 aromatic heterocycles. The van der Waals surface area contributed by atoms with Gasteiger partial charge < -0.3 is 10.2 Å². The zero-order valence-electron chi connectivity index (χ0n) is 12.7. The van der Waals surface area contributed by atoms with Gasteiger partial charge in [-0.1, -0.05) is 47.0 Å². The minimum atomic E-state index is -0.322. The summed E-state index contributed by atoms with van der Waals surface area (Å²) >= 11 is 0. The van der Waals surface area contributed by atoms with Crippen LogP contribution in [0.15, 0.2) is 0 Å². The molecule has 0 heterocycles. The molecule has 1 rings (SSSR count). The molecule has 0 aromatic carbocycles. The first-order valence-corrected chi connectivity index (χ1v) is 7.90. The summed E-state index contributed by atoms with van der Waals surface area (Å²) in [4.78, 5) is 0. The van der Waals surface area contributed by atoms with E-state index < -0.39 is 0 Å². The Kier molecular flexibility index (Phi) is 6.13. The molecule has 18 heavy (non-hydrogen) atoms. The van der Waals surface area contributed by atoms with Gasteiger partial charge in [-0.2, -0.15) is 0 Å². The van der Waals surface area contributed by atoms with E-state index in [4.69, 9.17) is 0 Å². The van der Waals surface area contributed by atoms with E-state index in [1.54, 1.807) is 0 Å². The first-order valence-electron chi connectivity index (χ1n) is 7.90. The maximum atomic E-state index is 10.7. The highest BCUT2D eigenvalue weighted by Crippen LogP contribution is 2.52. The van der Waals surface area contributed by atoms with Gasteiger partial charge >= 0.3 is 0 Å². The molecule has 0 amide bonds. The van der Waals surface area contributed by atoms with Gasteiger partial charge in [-0.25, -0.2) is 0 Å². The van der Waals surface area contributed by atoms with E-state index in [1.165, 1.54) is 6.42 Å². The van der Waals surface area contributed by atoms with Gasteiger partial charge in [0.25, 0.3) is 0 Å². The summed E-state index contributed by atoms with van der Waals surface area (Å²) in [5, 5.41) is 20.7. The molecule has 5 atom stereocenters. The molecule has 0 unspecified atom stereocenters.